The van der Waals surface area contributed by atoms with Crippen molar-refractivity contribution in [3.63, 3.8) is 0 Å². The number of nitrogens with zero attached hydrogens (tertiary/aromatic N) is 2. The van der Waals surface area contributed by atoms with Crippen LogP contribution in [-0.4, -0.2) is 30.8 Å². The van der Waals surface area contributed by atoms with Crippen LogP contribution in [0.25, 0.3) is 0 Å². The number of hydrogen-bond acceptors (Lipinski definition) is 6. The molecule has 0 spiro atoms. The Bertz CT molecular complexity index is 1040. The number of carbonyl (C=O) groups excluding carboxylic acids is 1. The van der Waals surface area contributed by atoms with Crippen molar-refractivity contribution in [2.75, 3.05) is 17.2 Å². The zero-order valence-corrected chi connectivity index (χ0v) is 15.7. The van der Waals surface area contributed by atoms with Gasteiger partial charge >= 0.3 is 0 Å². The fourth-order valence-corrected chi connectivity index (χ4v) is 2.97. The first-order chi connectivity index (χ1) is 13.4. The predicted octanol–water partition coefficient (Wildman–Crippen LogP) is 2.03. The SMILES string of the molecule is NS(=O)(=O)c1ccc(CCNc2ccc(NC(=O)c3cccnc3)cn2)cc1. The standard InChI is InChI=1S/C19H19N5O3S/c20-28(26,27)17-6-3-14(4-7-17)9-11-22-18-8-5-16(13-23-18)24-19(25)15-2-1-10-21-12-15/h1-8,10,12-13H,9,11H2,(H,22,23)(H,24,25)(H2,20,26,27). The normalized spacial score (nSPS) is 11.0. The van der Waals surface area contributed by atoms with Gasteiger partial charge in [-0.1, -0.05) is 12.1 Å². The van der Waals surface area contributed by atoms with Crippen LogP contribution >= 0.6 is 0 Å². The molecule has 144 valence electrons. The molecule has 4 N–H and O–H groups in total. The summed E-state index contributed by atoms with van der Waals surface area (Å²) >= 11 is 0. The minimum absolute atomic E-state index is 0.0924. The van der Waals surface area contributed by atoms with E-state index in [-0.39, 0.29) is 10.8 Å². The zero-order valence-electron chi connectivity index (χ0n) is 14.9. The quantitative estimate of drug-likeness (QED) is 0.560. The predicted molar refractivity (Wildman–Crippen MR) is 106 cm³/mol. The molecular formula is C19H19N5O3S. The number of nitrogens with two attached hydrogens (primary N) is 1. The second-order valence-corrected chi connectivity index (χ2v) is 7.56. The van der Waals surface area contributed by atoms with Crippen LogP contribution in [0.5, 0.6) is 0 Å². The summed E-state index contributed by atoms with van der Waals surface area (Å²) in [6, 6.07) is 13.3. The van der Waals surface area contributed by atoms with Crippen LogP contribution in [-0.2, 0) is 16.4 Å². The van der Waals surface area contributed by atoms with Crippen molar-refractivity contribution in [3.8, 4) is 0 Å². The van der Waals surface area contributed by atoms with Crippen molar-refractivity contribution >= 4 is 27.4 Å². The lowest BCUT2D eigenvalue weighted by Crippen LogP contribution is -2.13. The van der Waals surface area contributed by atoms with Gasteiger partial charge in [0.2, 0.25) is 10.0 Å². The Morgan fingerprint density at radius 2 is 1.82 bits per heavy atom. The van der Waals surface area contributed by atoms with Gasteiger partial charge in [-0.25, -0.2) is 18.5 Å². The van der Waals surface area contributed by atoms with Crippen molar-refractivity contribution in [3.05, 3.63) is 78.2 Å². The summed E-state index contributed by atoms with van der Waals surface area (Å²) < 4.78 is 22.5. The lowest BCUT2D eigenvalue weighted by molar-refractivity contribution is 0.102. The molecule has 3 rings (SSSR count). The third-order valence-electron chi connectivity index (χ3n) is 3.92. The van der Waals surface area contributed by atoms with Crippen LogP contribution < -0.4 is 15.8 Å². The molecule has 1 amide bonds. The number of sulfonamides is 1. The molecule has 2 heterocycles. The summed E-state index contributed by atoms with van der Waals surface area (Å²) in [5.74, 6) is 0.416. The van der Waals surface area contributed by atoms with Crippen molar-refractivity contribution in [2.45, 2.75) is 11.3 Å². The van der Waals surface area contributed by atoms with Gasteiger partial charge in [-0.05, 0) is 48.4 Å². The number of rotatable bonds is 7. The molecular weight excluding hydrogens is 378 g/mol. The molecule has 0 unspecified atom stereocenters. The lowest BCUT2D eigenvalue weighted by atomic mass is 10.1. The summed E-state index contributed by atoms with van der Waals surface area (Å²) in [7, 11) is -3.67. The highest BCUT2D eigenvalue weighted by atomic mass is 32.2. The Morgan fingerprint density at radius 3 is 2.43 bits per heavy atom. The van der Waals surface area contributed by atoms with Gasteiger partial charge in [0.05, 0.1) is 22.3 Å². The van der Waals surface area contributed by atoms with Crippen molar-refractivity contribution < 1.29 is 13.2 Å². The summed E-state index contributed by atoms with van der Waals surface area (Å²) in [6.07, 6.45) is 5.35. The van der Waals surface area contributed by atoms with Gasteiger partial charge in [0.1, 0.15) is 5.82 Å². The van der Waals surface area contributed by atoms with Gasteiger partial charge in [-0.15, -0.1) is 0 Å². The number of pyridine rings is 2. The van der Waals surface area contributed by atoms with Gasteiger partial charge in [-0.2, -0.15) is 0 Å². The van der Waals surface area contributed by atoms with Crippen molar-refractivity contribution in [1.29, 1.82) is 0 Å². The average Bonchev–Trinajstić information content (AvgIpc) is 2.70. The number of anilines is 2. The number of nitrogens with one attached hydrogen (secondary N) is 2. The molecule has 2 aromatic heterocycles. The van der Waals surface area contributed by atoms with Gasteiger partial charge in [0.25, 0.3) is 5.91 Å². The van der Waals surface area contributed by atoms with Gasteiger partial charge in [-0.3, -0.25) is 9.78 Å². The molecule has 0 aliphatic heterocycles. The summed E-state index contributed by atoms with van der Waals surface area (Å²) in [6.45, 7) is 0.614. The van der Waals surface area contributed by atoms with Crippen LogP contribution in [0.1, 0.15) is 15.9 Å². The van der Waals surface area contributed by atoms with E-state index in [1.165, 1.54) is 18.3 Å². The monoisotopic (exact) mass is 397 g/mol. The fraction of sp³-hybridized carbons (Fsp3) is 0.105. The molecule has 28 heavy (non-hydrogen) atoms. The Balaban J connectivity index is 1.50. The van der Waals surface area contributed by atoms with E-state index in [4.69, 9.17) is 5.14 Å². The molecule has 0 radical (unpaired) electrons. The number of benzene rings is 1. The first-order valence-electron chi connectivity index (χ1n) is 8.45. The maximum Gasteiger partial charge on any atom is 0.257 e. The van der Waals surface area contributed by atoms with Gasteiger partial charge in [0.15, 0.2) is 0 Å². The average molecular weight is 397 g/mol. The van der Waals surface area contributed by atoms with Crippen LogP contribution in [0.4, 0.5) is 11.5 Å². The highest BCUT2D eigenvalue weighted by molar-refractivity contribution is 7.89. The Hall–Kier alpha value is -3.30. The second-order valence-electron chi connectivity index (χ2n) is 5.99. The molecule has 3 aromatic rings. The van der Waals surface area contributed by atoms with E-state index in [0.29, 0.717) is 30.0 Å². The van der Waals surface area contributed by atoms with Crippen molar-refractivity contribution in [1.82, 2.24) is 9.97 Å². The lowest BCUT2D eigenvalue weighted by Gasteiger charge is -2.08. The highest BCUT2D eigenvalue weighted by Gasteiger charge is 2.07. The van der Waals surface area contributed by atoms with E-state index in [9.17, 15) is 13.2 Å². The fourth-order valence-electron chi connectivity index (χ4n) is 2.45. The summed E-state index contributed by atoms with van der Waals surface area (Å²) in [5.41, 5.74) is 2.02. The molecule has 0 aliphatic rings. The minimum atomic E-state index is -3.67. The van der Waals surface area contributed by atoms with Gasteiger partial charge in [0, 0.05) is 18.9 Å². The molecule has 0 atom stereocenters. The van der Waals surface area contributed by atoms with E-state index in [0.717, 1.165) is 5.56 Å². The zero-order chi connectivity index (χ0) is 20.0. The summed E-state index contributed by atoms with van der Waals surface area (Å²) in [5, 5.41) is 11.0. The Morgan fingerprint density at radius 1 is 1.04 bits per heavy atom. The molecule has 0 fully saturated rings. The number of aromatic nitrogens is 2. The van der Waals surface area contributed by atoms with Crippen LogP contribution in [0, 0.1) is 0 Å². The first-order valence-corrected chi connectivity index (χ1v) is 9.99. The van der Waals surface area contributed by atoms with E-state index < -0.39 is 10.0 Å². The number of amides is 1. The number of hydrogen-bond donors (Lipinski definition) is 3. The second kappa shape index (κ2) is 8.59. The first kappa shape index (κ1) is 19.5. The maximum atomic E-state index is 12.1. The number of primary sulfonamides is 1. The van der Waals surface area contributed by atoms with Gasteiger partial charge < -0.3 is 10.6 Å². The largest absolute Gasteiger partial charge is 0.370 e. The molecule has 0 saturated heterocycles. The molecule has 1 aromatic carbocycles. The van der Waals surface area contributed by atoms with Crippen LogP contribution in [0.2, 0.25) is 0 Å². The molecule has 0 aliphatic carbocycles. The van der Waals surface area contributed by atoms with E-state index in [1.54, 1.807) is 48.8 Å². The van der Waals surface area contributed by atoms with E-state index in [2.05, 4.69) is 20.6 Å². The van der Waals surface area contributed by atoms with Crippen LogP contribution in [0.15, 0.2) is 72.0 Å². The smallest absolute Gasteiger partial charge is 0.257 e. The Labute approximate surface area is 162 Å². The molecule has 0 bridgehead atoms. The Kier molecular flexibility index (Phi) is 5.97. The molecule has 8 nitrogen and oxygen atoms in total. The highest BCUT2D eigenvalue weighted by Crippen LogP contribution is 2.12. The van der Waals surface area contributed by atoms with Crippen molar-refractivity contribution in [2.24, 2.45) is 5.14 Å². The minimum Gasteiger partial charge on any atom is -0.370 e. The third kappa shape index (κ3) is 5.35. The molecule has 0 saturated carbocycles. The number of carbonyl (C=O) groups is 1. The molecule has 9 heteroatoms. The topological polar surface area (TPSA) is 127 Å². The van der Waals surface area contributed by atoms with E-state index >= 15 is 0 Å². The van der Waals surface area contributed by atoms with E-state index in [1.807, 2.05) is 0 Å². The summed E-state index contributed by atoms with van der Waals surface area (Å²) in [4.78, 5) is 20.3. The maximum absolute atomic E-state index is 12.1. The van der Waals surface area contributed by atoms with Crippen LogP contribution in [0.3, 0.4) is 0 Å². The third-order valence-corrected chi connectivity index (χ3v) is 4.85.